The van der Waals surface area contributed by atoms with E-state index in [9.17, 15) is 0 Å². The maximum absolute atomic E-state index is 4.98. The minimum absolute atomic E-state index is 0.571. The van der Waals surface area contributed by atoms with Crippen molar-refractivity contribution in [1.29, 1.82) is 0 Å². The van der Waals surface area contributed by atoms with Gasteiger partial charge in [-0.2, -0.15) is 16.7 Å². The van der Waals surface area contributed by atoms with Crippen LogP contribution in [0.5, 0.6) is 0 Å². The van der Waals surface area contributed by atoms with Crippen LogP contribution >= 0.6 is 11.8 Å². The Bertz CT molecular complexity index is 259. The first-order chi connectivity index (χ1) is 5.88. The average Bonchev–Trinajstić information content (AvgIpc) is 2.74. The zero-order valence-electron chi connectivity index (χ0n) is 6.91. The van der Waals surface area contributed by atoms with E-state index < -0.39 is 0 Å². The summed E-state index contributed by atoms with van der Waals surface area (Å²) in [6.07, 6.45) is 4.46. The lowest BCUT2D eigenvalue weighted by Gasteiger charge is -1.92. The van der Waals surface area contributed by atoms with Crippen LogP contribution in [0.25, 0.3) is 0 Å². The lowest BCUT2D eigenvalue weighted by molar-refractivity contribution is 0.425. The van der Waals surface area contributed by atoms with Crippen LogP contribution in [0.1, 0.15) is 18.7 Å². The Kier molecular flexibility index (Phi) is 2.21. The van der Waals surface area contributed by atoms with E-state index in [0.717, 1.165) is 11.6 Å². The Morgan fingerprint density at radius 3 is 3.17 bits per heavy atom. The van der Waals surface area contributed by atoms with Gasteiger partial charge in [-0.15, -0.1) is 0 Å². The first-order valence-electron chi connectivity index (χ1n) is 3.96. The number of aromatic nitrogens is 2. The van der Waals surface area contributed by atoms with Gasteiger partial charge in [-0.25, -0.2) is 0 Å². The van der Waals surface area contributed by atoms with Gasteiger partial charge in [0.05, 0.1) is 5.75 Å². The number of thioether (sulfide) groups is 1. The summed E-state index contributed by atoms with van der Waals surface area (Å²) in [6, 6.07) is 1.15. The van der Waals surface area contributed by atoms with Gasteiger partial charge in [0.1, 0.15) is 0 Å². The summed E-state index contributed by atoms with van der Waals surface area (Å²) >= 11 is 1.69. The monoisotopic (exact) mass is 185 g/mol. The predicted octanol–water partition coefficient (Wildman–Crippen LogP) is 1.51. The number of hydrogen-bond donors (Lipinski definition) is 1. The van der Waals surface area contributed by atoms with Crippen LogP contribution in [0.3, 0.4) is 0 Å². The van der Waals surface area contributed by atoms with Crippen molar-refractivity contribution >= 4 is 17.8 Å². The summed E-state index contributed by atoms with van der Waals surface area (Å²) < 4.78 is 4.98. The number of hydrogen-bond acceptors (Lipinski definition) is 5. The number of anilines is 1. The quantitative estimate of drug-likeness (QED) is 0.770. The van der Waals surface area contributed by atoms with Crippen LogP contribution in [-0.4, -0.2) is 22.4 Å². The van der Waals surface area contributed by atoms with Crippen molar-refractivity contribution in [3.63, 3.8) is 0 Å². The van der Waals surface area contributed by atoms with Crippen molar-refractivity contribution < 1.29 is 4.52 Å². The average molecular weight is 185 g/mol. The highest BCUT2D eigenvalue weighted by Gasteiger charge is 2.23. The molecule has 0 amide bonds. The molecule has 0 unspecified atom stereocenters. The molecule has 0 atom stereocenters. The molecule has 0 aromatic carbocycles. The molecule has 0 aliphatic heterocycles. The Morgan fingerprint density at radius 1 is 1.67 bits per heavy atom. The topological polar surface area (TPSA) is 51.0 Å². The van der Waals surface area contributed by atoms with Crippen LogP contribution < -0.4 is 5.32 Å². The van der Waals surface area contributed by atoms with Crippen molar-refractivity contribution in [2.75, 3.05) is 11.6 Å². The highest BCUT2D eigenvalue weighted by atomic mass is 32.2. The molecule has 5 heteroatoms. The van der Waals surface area contributed by atoms with Crippen molar-refractivity contribution in [3.05, 3.63) is 5.82 Å². The van der Waals surface area contributed by atoms with E-state index in [4.69, 9.17) is 4.52 Å². The second-order valence-corrected chi connectivity index (χ2v) is 3.73. The Morgan fingerprint density at radius 2 is 2.50 bits per heavy atom. The molecule has 1 aromatic heterocycles. The third kappa shape index (κ3) is 1.91. The maximum atomic E-state index is 4.98. The second-order valence-electron chi connectivity index (χ2n) is 2.87. The van der Waals surface area contributed by atoms with E-state index in [1.165, 1.54) is 12.8 Å². The van der Waals surface area contributed by atoms with Gasteiger partial charge in [0.2, 0.25) is 0 Å². The van der Waals surface area contributed by atoms with E-state index in [2.05, 4.69) is 15.5 Å². The lowest BCUT2D eigenvalue weighted by Crippen LogP contribution is -2.00. The normalized spacial score (nSPS) is 16.4. The molecule has 1 aliphatic carbocycles. The predicted molar refractivity (Wildman–Crippen MR) is 48.2 cm³/mol. The van der Waals surface area contributed by atoms with Gasteiger partial charge in [-0.05, 0) is 19.1 Å². The van der Waals surface area contributed by atoms with Gasteiger partial charge in [0.25, 0.3) is 0 Å². The standard InChI is InChI=1S/C7H11N3OS/c1-12-4-6-9-7(11-10-6)8-5-2-3-5/h5H,2-4H2,1H3,(H,8,9,10). The number of nitrogens with one attached hydrogen (secondary N) is 1. The fourth-order valence-corrected chi connectivity index (χ4v) is 1.28. The highest BCUT2D eigenvalue weighted by molar-refractivity contribution is 7.97. The van der Waals surface area contributed by atoms with Crippen molar-refractivity contribution in [2.24, 2.45) is 0 Å². The maximum Gasteiger partial charge on any atom is 0.321 e. The minimum Gasteiger partial charge on any atom is -0.335 e. The molecule has 1 saturated carbocycles. The fraction of sp³-hybridized carbons (Fsp3) is 0.714. The molecule has 0 saturated heterocycles. The molecule has 2 rings (SSSR count). The molecule has 1 fully saturated rings. The van der Waals surface area contributed by atoms with Crippen LogP contribution in [0.2, 0.25) is 0 Å². The van der Waals surface area contributed by atoms with Gasteiger partial charge in [-0.3, -0.25) is 0 Å². The van der Waals surface area contributed by atoms with Gasteiger partial charge >= 0.3 is 6.01 Å². The highest BCUT2D eigenvalue weighted by Crippen LogP contribution is 2.23. The van der Waals surface area contributed by atoms with Gasteiger partial charge in [0.15, 0.2) is 5.82 Å². The van der Waals surface area contributed by atoms with Crippen LogP contribution in [0.15, 0.2) is 4.52 Å². The summed E-state index contributed by atoms with van der Waals surface area (Å²) in [5.74, 6) is 1.58. The van der Waals surface area contributed by atoms with Crippen LogP contribution in [0.4, 0.5) is 6.01 Å². The van der Waals surface area contributed by atoms with Gasteiger partial charge in [0, 0.05) is 6.04 Å². The molecule has 1 heterocycles. The lowest BCUT2D eigenvalue weighted by atomic mass is 10.7. The molecular weight excluding hydrogens is 174 g/mol. The summed E-state index contributed by atoms with van der Waals surface area (Å²) in [5, 5.41) is 6.96. The summed E-state index contributed by atoms with van der Waals surface area (Å²) in [4.78, 5) is 4.17. The molecule has 1 aromatic rings. The second kappa shape index (κ2) is 3.35. The van der Waals surface area contributed by atoms with E-state index in [-0.39, 0.29) is 0 Å². The van der Waals surface area contributed by atoms with E-state index >= 15 is 0 Å². The summed E-state index contributed by atoms with van der Waals surface area (Å²) in [5.41, 5.74) is 0. The minimum atomic E-state index is 0.571. The number of rotatable bonds is 4. The fourth-order valence-electron chi connectivity index (χ4n) is 0.903. The largest absolute Gasteiger partial charge is 0.335 e. The van der Waals surface area contributed by atoms with Crippen LogP contribution in [0, 0.1) is 0 Å². The van der Waals surface area contributed by atoms with Crippen LogP contribution in [-0.2, 0) is 5.75 Å². The van der Waals surface area contributed by atoms with Gasteiger partial charge < -0.3 is 9.84 Å². The van der Waals surface area contributed by atoms with E-state index in [1.807, 2.05) is 6.26 Å². The Hall–Kier alpha value is -0.710. The number of nitrogens with zero attached hydrogens (tertiary/aromatic N) is 2. The third-order valence-electron chi connectivity index (χ3n) is 1.65. The molecule has 0 radical (unpaired) electrons. The molecule has 12 heavy (non-hydrogen) atoms. The Balaban J connectivity index is 1.92. The van der Waals surface area contributed by atoms with Crippen molar-refractivity contribution in [1.82, 2.24) is 10.1 Å². The third-order valence-corrected chi connectivity index (χ3v) is 2.19. The molecule has 0 spiro atoms. The summed E-state index contributed by atoms with van der Waals surface area (Å²) in [7, 11) is 0. The zero-order valence-corrected chi connectivity index (χ0v) is 7.73. The van der Waals surface area contributed by atoms with Gasteiger partial charge in [-0.1, -0.05) is 5.16 Å². The molecule has 1 N–H and O–H groups in total. The molecule has 4 nitrogen and oxygen atoms in total. The summed E-state index contributed by atoms with van der Waals surface area (Å²) in [6.45, 7) is 0. The van der Waals surface area contributed by atoms with Crippen molar-refractivity contribution in [2.45, 2.75) is 24.6 Å². The first-order valence-corrected chi connectivity index (χ1v) is 5.36. The SMILES string of the molecule is CSCc1noc(NC2CC2)n1. The van der Waals surface area contributed by atoms with Crippen molar-refractivity contribution in [3.8, 4) is 0 Å². The first kappa shape index (κ1) is 7.91. The smallest absolute Gasteiger partial charge is 0.321 e. The van der Waals surface area contributed by atoms with E-state index in [1.54, 1.807) is 11.8 Å². The van der Waals surface area contributed by atoms with E-state index in [0.29, 0.717) is 12.1 Å². The molecule has 66 valence electrons. The Labute approximate surface area is 75.1 Å². The molecule has 1 aliphatic rings. The molecular formula is C7H11N3OS. The molecule has 0 bridgehead atoms. The zero-order chi connectivity index (χ0) is 8.39.